The highest BCUT2D eigenvalue weighted by Gasteiger charge is 2.39. The van der Waals surface area contributed by atoms with Crippen molar-refractivity contribution in [1.29, 1.82) is 0 Å². The van der Waals surface area contributed by atoms with E-state index < -0.39 is 0 Å². The number of hydrazine groups is 1. The maximum atomic E-state index is 12.9. The zero-order chi connectivity index (χ0) is 20.0. The minimum absolute atomic E-state index is 0.0187. The van der Waals surface area contributed by atoms with Gasteiger partial charge in [-0.15, -0.1) is 0 Å². The molecule has 2 amide bonds. The molecule has 29 heavy (non-hydrogen) atoms. The van der Waals surface area contributed by atoms with Gasteiger partial charge in [0, 0.05) is 19.3 Å². The van der Waals surface area contributed by atoms with E-state index in [-0.39, 0.29) is 6.03 Å². The maximum absolute atomic E-state index is 12.9. The molecule has 1 aromatic heterocycles. The van der Waals surface area contributed by atoms with Gasteiger partial charge in [0.2, 0.25) is 5.95 Å². The highest BCUT2D eigenvalue weighted by atomic mass is 16.2. The molecule has 5 rings (SSSR count). The van der Waals surface area contributed by atoms with E-state index >= 15 is 0 Å². The Balaban J connectivity index is 1.51. The van der Waals surface area contributed by atoms with E-state index in [0.717, 1.165) is 36.5 Å². The zero-order valence-electron chi connectivity index (χ0n) is 17.2. The number of nitrogens with one attached hydrogen (secondary N) is 1. The van der Waals surface area contributed by atoms with Crippen LogP contribution in [-0.2, 0) is 12.8 Å². The molecule has 0 saturated heterocycles. The van der Waals surface area contributed by atoms with Crippen LogP contribution in [0, 0.1) is 0 Å². The molecule has 1 N–H and O–H groups in total. The summed E-state index contributed by atoms with van der Waals surface area (Å²) in [4.78, 5) is 24.0. The Bertz CT molecular complexity index is 939. The predicted molar refractivity (Wildman–Crippen MR) is 115 cm³/mol. The molecule has 7 nitrogen and oxygen atoms in total. The first-order chi connectivity index (χ1) is 14.2. The van der Waals surface area contributed by atoms with Crippen LogP contribution in [0.1, 0.15) is 50.2 Å². The van der Waals surface area contributed by atoms with Gasteiger partial charge in [-0.1, -0.05) is 18.9 Å². The third kappa shape index (κ3) is 3.09. The molecule has 3 aliphatic rings. The lowest BCUT2D eigenvalue weighted by Gasteiger charge is -2.45. The van der Waals surface area contributed by atoms with E-state index in [4.69, 9.17) is 4.98 Å². The van der Waals surface area contributed by atoms with Crippen LogP contribution >= 0.6 is 0 Å². The average Bonchev–Trinajstić information content (AvgIpc) is 3.42. The fraction of sp³-hybridized carbons (Fsp3) is 0.500. The number of aromatic nitrogens is 2. The predicted octanol–water partition coefficient (Wildman–Crippen LogP) is 4.26. The Kier molecular flexibility index (Phi) is 4.53. The number of carbonyl (C=O) groups is 1. The minimum Gasteiger partial charge on any atom is -0.324 e. The first kappa shape index (κ1) is 18.2. The molecular formula is C22H28N6O. The summed E-state index contributed by atoms with van der Waals surface area (Å²) in [5.74, 6) is 1.39. The highest BCUT2D eigenvalue weighted by Crippen LogP contribution is 2.39. The van der Waals surface area contributed by atoms with E-state index in [1.807, 2.05) is 11.9 Å². The topological polar surface area (TPSA) is 64.6 Å². The lowest BCUT2D eigenvalue weighted by Crippen LogP contribution is -2.59. The third-order valence-corrected chi connectivity index (χ3v) is 6.42. The lowest BCUT2D eigenvalue weighted by molar-refractivity contribution is 0.191. The second kappa shape index (κ2) is 7.21. The number of rotatable bonds is 4. The van der Waals surface area contributed by atoms with Gasteiger partial charge in [0.05, 0.1) is 12.2 Å². The summed E-state index contributed by atoms with van der Waals surface area (Å²) in [6.07, 6.45) is 9.89. The summed E-state index contributed by atoms with van der Waals surface area (Å²) in [5.41, 5.74) is 4.66. The largest absolute Gasteiger partial charge is 0.343 e. The molecule has 7 heteroatoms. The van der Waals surface area contributed by atoms with Gasteiger partial charge < -0.3 is 5.32 Å². The first-order valence-electron chi connectivity index (χ1n) is 10.8. The van der Waals surface area contributed by atoms with Crippen molar-refractivity contribution >= 4 is 29.2 Å². The number of urea groups is 1. The Morgan fingerprint density at radius 2 is 1.93 bits per heavy atom. The Morgan fingerprint density at radius 3 is 2.72 bits per heavy atom. The molecule has 0 radical (unpaired) electrons. The molecule has 2 aromatic rings. The molecule has 0 atom stereocenters. The summed E-state index contributed by atoms with van der Waals surface area (Å²) in [6, 6.07) is 6.83. The second-order valence-corrected chi connectivity index (χ2v) is 8.20. The fourth-order valence-electron chi connectivity index (χ4n) is 4.90. The van der Waals surface area contributed by atoms with Crippen molar-refractivity contribution < 1.29 is 4.79 Å². The molecule has 2 aliphatic carbocycles. The zero-order valence-corrected chi connectivity index (χ0v) is 17.2. The van der Waals surface area contributed by atoms with Gasteiger partial charge >= 0.3 is 6.03 Å². The molecule has 1 saturated carbocycles. The average molecular weight is 393 g/mol. The van der Waals surface area contributed by atoms with Gasteiger partial charge in [0.25, 0.3) is 0 Å². The molecule has 1 aliphatic heterocycles. The van der Waals surface area contributed by atoms with Crippen molar-refractivity contribution in [2.75, 3.05) is 28.8 Å². The molecule has 152 valence electrons. The Labute approximate surface area is 171 Å². The molecule has 1 fully saturated rings. The van der Waals surface area contributed by atoms with Gasteiger partial charge in [-0.05, 0) is 62.3 Å². The van der Waals surface area contributed by atoms with Crippen molar-refractivity contribution in [3.63, 3.8) is 0 Å². The molecule has 0 unspecified atom stereocenters. The van der Waals surface area contributed by atoms with Crippen LogP contribution < -0.4 is 15.2 Å². The van der Waals surface area contributed by atoms with Crippen LogP contribution in [0.3, 0.4) is 0 Å². The number of hydrogen-bond donors (Lipinski definition) is 1. The van der Waals surface area contributed by atoms with Crippen molar-refractivity contribution in [1.82, 2.24) is 15.0 Å². The number of fused-ring (bicyclic) bond motifs is 2. The fourth-order valence-corrected chi connectivity index (χ4v) is 4.90. The molecular weight excluding hydrogens is 364 g/mol. The number of anilines is 4. The van der Waals surface area contributed by atoms with E-state index in [1.54, 1.807) is 18.1 Å². The quantitative estimate of drug-likeness (QED) is 0.842. The molecule has 0 bridgehead atoms. The molecule has 0 spiro atoms. The van der Waals surface area contributed by atoms with Crippen molar-refractivity contribution in [2.24, 2.45) is 0 Å². The molecule has 1 aromatic carbocycles. The standard InChI is InChI=1S/C22H28N6O/c1-3-27-22(29)26(2)19-14-23-21(25-20(19)28(27)18-9-4-5-10-18)24-17-12-11-15-7-6-8-16(15)13-17/h11-14,18H,3-10H2,1-2H3,(H,23,24,25). The van der Waals surface area contributed by atoms with Crippen LogP contribution in [0.4, 0.5) is 27.9 Å². The normalized spacial score (nSPS) is 19.0. The summed E-state index contributed by atoms with van der Waals surface area (Å²) in [6.45, 7) is 2.64. The van der Waals surface area contributed by atoms with E-state index in [2.05, 4.69) is 33.5 Å². The Hall–Kier alpha value is -2.83. The van der Waals surface area contributed by atoms with Gasteiger partial charge in [-0.3, -0.25) is 9.91 Å². The smallest absolute Gasteiger partial charge is 0.324 e. The number of carbonyl (C=O) groups excluding carboxylic acids is 1. The van der Waals surface area contributed by atoms with E-state index in [0.29, 0.717) is 18.5 Å². The van der Waals surface area contributed by atoms with Crippen molar-refractivity contribution in [2.45, 2.75) is 57.9 Å². The van der Waals surface area contributed by atoms with Crippen LogP contribution in [0.25, 0.3) is 0 Å². The number of nitrogens with zero attached hydrogens (tertiary/aromatic N) is 5. The maximum Gasteiger partial charge on any atom is 0.343 e. The van der Waals surface area contributed by atoms with Crippen molar-refractivity contribution in [3.8, 4) is 0 Å². The summed E-state index contributed by atoms with van der Waals surface area (Å²) in [5, 5.41) is 7.33. The number of benzene rings is 1. The second-order valence-electron chi connectivity index (χ2n) is 8.20. The van der Waals surface area contributed by atoms with Crippen LogP contribution in [0.15, 0.2) is 24.4 Å². The van der Waals surface area contributed by atoms with Crippen molar-refractivity contribution in [3.05, 3.63) is 35.5 Å². The SMILES string of the molecule is CCN1C(=O)N(C)c2cnc(Nc3ccc4c(c3)CCC4)nc2N1C1CCCC1. The van der Waals surface area contributed by atoms with Crippen LogP contribution in [0.2, 0.25) is 0 Å². The number of hydrogen-bond acceptors (Lipinski definition) is 5. The monoisotopic (exact) mass is 392 g/mol. The van der Waals surface area contributed by atoms with Crippen LogP contribution in [-0.4, -0.2) is 40.6 Å². The highest BCUT2D eigenvalue weighted by molar-refractivity contribution is 5.98. The van der Waals surface area contributed by atoms with E-state index in [1.165, 1.54) is 36.8 Å². The minimum atomic E-state index is -0.0187. The summed E-state index contributed by atoms with van der Waals surface area (Å²) < 4.78 is 0. The number of aryl methyl sites for hydroxylation is 2. The first-order valence-corrected chi connectivity index (χ1v) is 10.8. The van der Waals surface area contributed by atoms with Crippen LogP contribution in [0.5, 0.6) is 0 Å². The Morgan fingerprint density at radius 1 is 1.14 bits per heavy atom. The summed E-state index contributed by atoms with van der Waals surface area (Å²) >= 11 is 0. The van der Waals surface area contributed by atoms with Gasteiger partial charge in [-0.25, -0.2) is 14.8 Å². The third-order valence-electron chi connectivity index (χ3n) is 6.42. The number of amides is 2. The van der Waals surface area contributed by atoms with E-state index in [9.17, 15) is 4.79 Å². The van der Waals surface area contributed by atoms with Gasteiger partial charge in [0.15, 0.2) is 5.82 Å². The van der Waals surface area contributed by atoms with Gasteiger partial charge in [-0.2, -0.15) is 4.98 Å². The summed E-state index contributed by atoms with van der Waals surface area (Å²) in [7, 11) is 1.80. The molecule has 2 heterocycles. The van der Waals surface area contributed by atoms with Gasteiger partial charge in [0.1, 0.15) is 5.69 Å². The lowest BCUT2D eigenvalue weighted by atomic mass is 10.1.